The lowest BCUT2D eigenvalue weighted by Gasteiger charge is -2.08. The first-order valence-corrected chi connectivity index (χ1v) is 13.2. The van der Waals surface area contributed by atoms with Gasteiger partial charge in [-0.3, -0.25) is 0 Å². The molecule has 0 N–H and O–H groups in total. The number of pyridine rings is 2. The van der Waals surface area contributed by atoms with Crippen LogP contribution in [-0.2, 0) is 0 Å². The summed E-state index contributed by atoms with van der Waals surface area (Å²) in [4.78, 5) is 0. The minimum atomic E-state index is 1.10. The maximum Gasteiger partial charge on any atom is 0.286 e. The second-order valence-electron chi connectivity index (χ2n) is 9.37. The minimum absolute atomic E-state index is 1.10. The van der Waals surface area contributed by atoms with Crippen LogP contribution in [-0.4, -0.2) is 0 Å². The number of hydrogen-bond acceptors (Lipinski definition) is 1. The van der Waals surface area contributed by atoms with Gasteiger partial charge in [0.15, 0.2) is 0 Å². The summed E-state index contributed by atoms with van der Waals surface area (Å²) in [6.07, 6.45) is 8.24. The van der Waals surface area contributed by atoms with Crippen molar-refractivity contribution in [1.82, 2.24) is 0 Å². The van der Waals surface area contributed by atoms with Crippen LogP contribution in [0.3, 0.4) is 0 Å². The third kappa shape index (κ3) is 3.89. The van der Waals surface area contributed by atoms with Crippen LogP contribution in [0.25, 0.3) is 54.8 Å². The Morgan fingerprint density at radius 3 is 2.30 bits per heavy atom. The van der Waals surface area contributed by atoms with Crippen molar-refractivity contribution >= 4 is 43.7 Å². The molecule has 0 aliphatic rings. The topological polar surface area (TPSA) is 7.76 Å². The van der Waals surface area contributed by atoms with Crippen LogP contribution in [0.5, 0.6) is 0 Å². The van der Waals surface area contributed by atoms with Crippen LogP contribution in [0.15, 0.2) is 110 Å². The fourth-order valence-electron chi connectivity index (χ4n) is 5.13. The summed E-state index contributed by atoms with van der Waals surface area (Å²) in [7, 11) is 0. The number of thiophene rings is 1. The van der Waals surface area contributed by atoms with E-state index in [1.807, 2.05) is 23.5 Å². The standard InChI is InChI=1S/C34H28N2S/c1-5-25-16-18-29-28-11-7-8-13-32(28)37-34(29)33(25)31-12-9-10-20-35(31)36-22-24(4)15-19-30(36)27-17-14-23(3)21-26(27)6-2/h5-22H,1-2H2,3-4H3/q+2. The molecule has 178 valence electrons. The number of fused-ring (bicyclic) bond motifs is 3. The molecule has 0 radical (unpaired) electrons. The first-order chi connectivity index (χ1) is 18.1. The molecule has 0 aliphatic heterocycles. The van der Waals surface area contributed by atoms with E-state index in [9.17, 15) is 0 Å². The number of aromatic nitrogens is 2. The van der Waals surface area contributed by atoms with E-state index in [0.717, 1.165) is 28.1 Å². The molecule has 3 heteroatoms. The van der Waals surface area contributed by atoms with Crippen molar-refractivity contribution in [3.63, 3.8) is 0 Å². The molecular weight excluding hydrogens is 468 g/mol. The van der Waals surface area contributed by atoms with Crippen LogP contribution in [0.1, 0.15) is 22.3 Å². The van der Waals surface area contributed by atoms with Crippen LogP contribution in [0.2, 0.25) is 0 Å². The molecule has 37 heavy (non-hydrogen) atoms. The van der Waals surface area contributed by atoms with Gasteiger partial charge in [-0.05, 0) is 49.2 Å². The molecule has 0 fully saturated rings. The van der Waals surface area contributed by atoms with Crippen LogP contribution < -0.4 is 9.35 Å². The first kappa shape index (κ1) is 23.1. The Hall–Kier alpha value is -4.34. The summed E-state index contributed by atoms with van der Waals surface area (Å²) in [6, 6.07) is 30.4. The summed E-state index contributed by atoms with van der Waals surface area (Å²) >= 11 is 1.84. The van der Waals surface area contributed by atoms with Crippen molar-refractivity contribution in [2.45, 2.75) is 13.8 Å². The summed E-state index contributed by atoms with van der Waals surface area (Å²) in [5.74, 6) is 0. The molecular formula is C34H28N2S+2. The zero-order chi connectivity index (χ0) is 25.5. The molecule has 6 rings (SSSR count). The summed E-state index contributed by atoms with van der Waals surface area (Å²) in [5, 5.41) is 2.57. The largest absolute Gasteiger partial charge is 0.286 e. The highest BCUT2D eigenvalue weighted by Gasteiger charge is 2.30. The second-order valence-corrected chi connectivity index (χ2v) is 10.4. The molecule has 3 aromatic heterocycles. The molecule has 0 bridgehead atoms. The molecule has 3 aromatic carbocycles. The lowest BCUT2D eigenvalue weighted by atomic mass is 10.00. The van der Waals surface area contributed by atoms with Crippen molar-refractivity contribution in [2.75, 3.05) is 0 Å². The van der Waals surface area contributed by atoms with Crippen LogP contribution in [0, 0.1) is 13.8 Å². The SMILES string of the molecule is C=Cc1cc(C)ccc1-c1ccc(C)c[n+]1-[n+]1ccccc1-c1c(C=C)ccc2c1sc1ccccc12. The maximum absolute atomic E-state index is 4.17. The van der Waals surface area contributed by atoms with Gasteiger partial charge >= 0.3 is 0 Å². The average molecular weight is 497 g/mol. The highest BCUT2D eigenvalue weighted by Crippen LogP contribution is 2.41. The number of hydrogen-bond donors (Lipinski definition) is 0. The number of aryl methyl sites for hydroxylation is 2. The number of benzene rings is 3. The number of rotatable bonds is 5. The fourth-order valence-corrected chi connectivity index (χ4v) is 6.39. The lowest BCUT2D eigenvalue weighted by molar-refractivity contribution is -1.29. The van der Waals surface area contributed by atoms with E-state index in [4.69, 9.17) is 0 Å². The van der Waals surface area contributed by atoms with Crippen molar-refractivity contribution in [1.29, 1.82) is 0 Å². The predicted octanol–water partition coefficient (Wildman–Crippen LogP) is 8.18. The van der Waals surface area contributed by atoms with E-state index in [-0.39, 0.29) is 0 Å². The second kappa shape index (κ2) is 9.27. The summed E-state index contributed by atoms with van der Waals surface area (Å²) in [6.45, 7) is 12.5. The van der Waals surface area contributed by atoms with Gasteiger partial charge < -0.3 is 0 Å². The Bertz CT molecular complexity index is 1840. The first-order valence-electron chi connectivity index (χ1n) is 12.4. The molecule has 0 aliphatic carbocycles. The van der Waals surface area contributed by atoms with Crippen LogP contribution >= 0.6 is 11.3 Å². The Balaban J connectivity index is 1.69. The van der Waals surface area contributed by atoms with Gasteiger partial charge in [0.2, 0.25) is 12.4 Å². The van der Waals surface area contributed by atoms with E-state index >= 15 is 0 Å². The maximum atomic E-state index is 4.17. The van der Waals surface area contributed by atoms with Gasteiger partial charge in [-0.15, -0.1) is 11.3 Å². The summed E-state index contributed by atoms with van der Waals surface area (Å²) < 4.78 is 7.07. The normalized spacial score (nSPS) is 11.2. The van der Waals surface area contributed by atoms with Gasteiger partial charge in [-0.2, -0.15) is 0 Å². The lowest BCUT2D eigenvalue weighted by Crippen LogP contribution is -2.68. The van der Waals surface area contributed by atoms with Gasteiger partial charge in [0.1, 0.15) is 0 Å². The molecule has 3 heterocycles. The number of nitrogens with zero attached hydrogens (tertiary/aromatic N) is 2. The van der Waals surface area contributed by atoms with Gasteiger partial charge in [-0.25, -0.2) is 0 Å². The van der Waals surface area contributed by atoms with Gasteiger partial charge in [-0.1, -0.05) is 73.3 Å². The molecule has 0 saturated carbocycles. The summed E-state index contributed by atoms with van der Waals surface area (Å²) in [5.41, 5.74) is 9.19. The van der Waals surface area contributed by atoms with Gasteiger partial charge in [0.05, 0.1) is 25.2 Å². The predicted molar refractivity (Wildman–Crippen MR) is 157 cm³/mol. The molecule has 0 amide bonds. The highest BCUT2D eigenvalue weighted by atomic mass is 32.1. The molecule has 6 aromatic rings. The Labute approximate surface area is 221 Å². The third-order valence-corrected chi connectivity index (χ3v) is 8.11. The zero-order valence-electron chi connectivity index (χ0n) is 21.1. The van der Waals surface area contributed by atoms with E-state index in [1.54, 1.807) is 0 Å². The Morgan fingerprint density at radius 1 is 0.676 bits per heavy atom. The molecule has 0 spiro atoms. The minimum Gasteiger partial charge on any atom is -0.134 e. The van der Waals surface area contributed by atoms with Crippen molar-refractivity contribution in [3.05, 3.63) is 133 Å². The van der Waals surface area contributed by atoms with E-state index < -0.39 is 0 Å². The molecule has 0 atom stereocenters. The smallest absolute Gasteiger partial charge is 0.134 e. The van der Waals surface area contributed by atoms with E-state index in [0.29, 0.717) is 0 Å². The molecule has 0 saturated heterocycles. The zero-order valence-corrected chi connectivity index (χ0v) is 21.9. The van der Waals surface area contributed by atoms with E-state index in [1.165, 1.54) is 36.9 Å². The Kier molecular flexibility index (Phi) is 5.78. The van der Waals surface area contributed by atoms with Gasteiger partial charge in [0, 0.05) is 39.2 Å². The quantitative estimate of drug-likeness (QED) is 0.213. The highest BCUT2D eigenvalue weighted by molar-refractivity contribution is 7.26. The fraction of sp³-hybridized carbons (Fsp3) is 0.0588. The third-order valence-electron chi connectivity index (χ3n) is 6.91. The molecule has 0 unspecified atom stereocenters. The molecule has 2 nitrogen and oxygen atoms in total. The monoisotopic (exact) mass is 496 g/mol. The van der Waals surface area contributed by atoms with Gasteiger partial charge in [0.25, 0.3) is 11.4 Å². The van der Waals surface area contributed by atoms with Crippen LogP contribution in [0.4, 0.5) is 0 Å². The van der Waals surface area contributed by atoms with Crippen molar-refractivity contribution < 1.29 is 9.35 Å². The Morgan fingerprint density at radius 2 is 1.46 bits per heavy atom. The van der Waals surface area contributed by atoms with Crippen molar-refractivity contribution in [2.24, 2.45) is 0 Å². The van der Waals surface area contributed by atoms with E-state index in [2.05, 4.69) is 134 Å². The van der Waals surface area contributed by atoms with Crippen molar-refractivity contribution in [3.8, 4) is 22.5 Å². The average Bonchev–Trinajstić information content (AvgIpc) is 3.31.